The van der Waals surface area contributed by atoms with E-state index in [-0.39, 0.29) is 6.04 Å². The molecular weight excluding hydrogens is 396 g/mol. The maximum Gasteiger partial charge on any atom is 0.240 e. The number of aryl methyl sites for hydroxylation is 1. The minimum Gasteiger partial charge on any atom is -0.354 e. The molecule has 4 heterocycles. The van der Waals surface area contributed by atoms with Crippen molar-refractivity contribution in [2.45, 2.75) is 25.4 Å². The Hall–Kier alpha value is -2.03. The van der Waals surface area contributed by atoms with E-state index < -0.39 is 0 Å². The number of amides is 1. The van der Waals surface area contributed by atoms with Gasteiger partial charge in [-0.15, -0.1) is 11.8 Å². The lowest BCUT2D eigenvalue weighted by Gasteiger charge is -2.38. The number of anilines is 1. The molecule has 3 aliphatic heterocycles. The van der Waals surface area contributed by atoms with Crippen molar-refractivity contribution in [2.24, 2.45) is 0 Å². The molecule has 160 valence electrons. The third-order valence-electron chi connectivity index (χ3n) is 6.44. The van der Waals surface area contributed by atoms with Gasteiger partial charge in [0.05, 0.1) is 23.3 Å². The number of para-hydroxylation sites is 1. The maximum absolute atomic E-state index is 12.7. The summed E-state index contributed by atoms with van der Waals surface area (Å²) in [5.74, 6) is 3.39. The molecule has 1 amide bonds. The molecule has 3 aliphatic rings. The van der Waals surface area contributed by atoms with Crippen molar-refractivity contribution in [1.82, 2.24) is 24.9 Å². The van der Waals surface area contributed by atoms with E-state index in [1.54, 1.807) is 0 Å². The predicted octanol–water partition coefficient (Wildman–Crippen LogP) is 1.57. The first-order valence-corrected chi connectivity index (χ1v) is 12.1. The van der Waals surface area contributed by atoms with Gasteiger partial charge < -0.3 is 15.1 Å². The Balaban J connectivity index is 1.20. The zero-order valence-corrected chi connectivity index (χ0v) is 18.4. The van der Waals surface area contributed by atoms with Crippen LogP contribution >= 0.6 is 11.8 Å². The Labute approximate surface area is 182 Å². The molecule has 30 heavy (non-hydrogen) atoms. The average molecular weight is 427 g/mol. The SMILES string of the molecule is Cc1cc(N2CCN(C3CN[C@H](C(=O)N4CCSC4)C3)CC2)n(-c2ccccc2)n1. The molecule has 1 unspecified atom stereocenters. The molecule has 0 saturated carbocycles. The Morgan fingerprint density at radius 2 is 1.93 bits per heavy atom. The van der Waals surface area contributed by atoms with E-state index in [9.17, 15) is 4.79 Å². The van der Waals surface area contributed by atoms with Crippen molar-refractivity contribution in [1.29, 1.82) is 0 Å². The standard InChI is InChI=1S/C22H30N6OS/c1-17-13-21(28(24-17)18-5-3-2-4-6-18)26-9-7-25(8-10-26)19-14-20(23-15-19)22(29)27-11-12-30-16-27/h2-6,13,19-20,23H,7-12,14-16H2,1H3/t19?,20-/m0/s1. The van der Waals surface area contributed by atoms with Gasteiger partial charge in [0, 0.05) is 57.1 Å². The maximum atomic E-state index is 12.7. The van der Waals surface area contributed by atoms with Crippen LogP contribution in [0.3, 0.4) is 0 Å². The summed E-state index contributed by atoms with van der Waals surface area (Å²) in [7, 11) is 0. The molecule has 0 spiro atoms. The molecule has 2 atom stereocenters. The summed E-state index contributed by atoms with van der Waals surface area (Å²) in [6.45, 7) is 7.88. The Kier molecular flexibility index (Phi) is 5.71. The van der Waals surface area contributed by atoms with Crippen LogP contribution in [-0.4, -0.2) is 88.5 Å². The fourth-order valence-electron chi connectivity index (χ4n) is 4.78. The van der Waals surface area contributed by atoms with Gasteiger partial charge in [0.15, 0.2) is 0 Å². The number of benzene rings is 1. The van der Waals surface area contributed by atoms with Crippen LogP contribution in [0.15, 0.2) is 36.4 Å². The van der Waals surface area contributed by atoms with Crippen molar-refractivity contribution in [3.05, 3.63) is 42.1 Å². The molecular formula is C22H30N6OS. The molecule has 1 aromatic heterocycles. The molecule has 0 radical (unpaired) electrons. The van der Waals surface area contributed by atoms with Crippen molar-refractivity contribution in [3.8, 4) is 5.69 Å². The smallest absolute Gasteiger partial charge is 0.240 e. The number of nitrogens with one attached hydrogen (secondary N) is 1. The van der Waals surface area contributed by atoms with Crippen molar-refractivity contribution in [2.75, 3.05) is 55.8 Å². The Morgan fingerprint density at radius 1 is 1.13 bits per heavy atom. The van der Waals surface area contributed by atoms with E-state index in [4.69, 9.17) is 5.10 Å². The van der Waals surface area contributed by atoms with Crippen molar-refractivity contribution < 1.29 is 4.79 Å². The lowest BCUT2D eigenvalue weighted by Crippen LogP contribution is -2.51. The quantitative estimate of drug-likeness (QED) is 0.801. The molecule has 2 aromatic rings. The van der Waals surface area contributed by atoms with Gasteiger partial charge in [-0.2, -0.15) is 5.10 Å². The zero-order valence-electron chi connectivity index (χ0n) is 17.5. The second-order valence-electron chi connectivity index (χ2n) is 8.40. The predicted molar refractivity (Wildman–Crippen MR) is 121 cm³/mol. The summed E-state index contributed by atoms with van der Waals surface area (Å²) < 4.78 is 2.06. The highest BCUT2D eigenvalue weighted by atomic mass is 32.2. The molecule has 5 rings (SSSR count). The number of carbonyl (C=O) groups excluding carboxylic acids is 1. The van der Waals surface area contributed by atoms with E-state index in [0.717, 1.165) is 68.7 Å². The van der Waals surface area contributed by atoms with E-state index >= 15 is 0 Å². The first-order valence-electron chi connectivity index (χ1n) is 10.9. The Morgan fingerprint density at radius 3 is 2.67 bits per heavy atom. The number of aromatic nitrogens is 2. The number of hydrogen-bond acceptors (Lipinski definition) is 6. The molecule has 3 fully saturated rings. The number of nitrogens with zero attached hydrogens (tertiary/aromatic N) is 5. The number of hydrogen-bond donors (Lipinski definition) is 1. The van der Waals surface area contributed by atoms with Gasteiger partial charge in [-0.1, -0.05) is 18.2 Å². The van der Waals surface area contributed by atoms with Crippen LogP contribution in [0, 0.1) is 6.92 Å². The largest absolute Gasteiger partial charge is 0.354 e. The van der Waals surface area contributed by atoms with E-state index in [2.05, 4.69) is 57.1 Å². The fraction of sp³-hybridized carbons (Fsp3) is 0.545. The van der Waals surface area contributed by atoms with Crippen LogP contribution in [0.4, 0.5) is 5.82 Å². The number of thioether (sulfide) groups is 1. The van der Waals surface area contributed by atoms with Crippen LogP contribution in [0.5, 0.6) is 0 Å². The zero-order chi connectivity index (χ0) is 20.5. The first-order chi connectivity index (χ1) is 14.7. The van der Waals surface area contributed by atoms with E-state index in [1.807, 2.05) is 22.7 Å². The summed E-state index contributed by atoms with van der Waals surface area (Å²) >= 11 is 1.85. The van der Waals surface area contributed by atoms with E-state index in [0.29, 0.717) is 11.9 Å². The summed E-state index contributed by atoms with van der Waals surface area (Å²) in [6, 6.07) is 13.0. The van der Waals surface area contributed by atoms with Gasteiger partial charge >= 0.3 is 0 Å². The van der Waals surface area contributed by atoms with Crippen LogP contribution < -0.4 is 10.2 Å². The van der Waals surface area contributed by atoms with Gasteiger partial charge in [-0.3, -0.25) is 9.69 Å². The van der Waals surface area contributed by atoms with Crippen molar-refractivity contribution in [3.63, 3.8) is 0 Å². The van der Waals surface area contributed by atoms with Crippen LogP contribution in [-0.2, 0) is 4.79 Å². The lowest BCUT2D eigenvalue weighted by atomic mass is 10.1. The molecule has 0 aliphatic carbocycles. The highest BCUT2D eigenvalue weighted by Gasteiger charge is 2.36. The molecule has 1 N–H and O–H groups in total. The normalized spacial score (nSPS) is 25.2. The molecule has 3 saturated heterocycles. The molecule has 1 aromatic carbocycles. The van der Waals surface area contributed by atoms with Gasteiger partial charge in [-0.05, 0) is 25.5 Å². The van der Waals surface area contributed by atoms with Crippen LogP contribution in [0.2, 0.25) is 0 Å². The van der Waals surface area contributed by atoms with Crippen LogP contribution in [0.25, 0.3) is 5.69 Å². The minimum absolute atomic E-state index is 0.00566. The first kappa shape index (κ1) is 19.9. The second-order valence-corrected chi connectivity index (χ2v) is 9.48. The third-order valence-corrected chi connectivity index (χ3v) is 7.40. The summed E-state index contributed by atoms with van der Waals surface area (Å²) in [4.78, 5) is 19.7. The number of piperazine rings is 1. The fourth-order valence-corrected chi connectivity index (χ4v) is 5.73. The summed E-state index contributed by atoms with van der Waals surface area (Å²) in [5.41, 5.74) is 2.14. The van der Waals surface area contributed by atoms with Gasteiger partial charge in [-0.25, -0.2) is 4.68 Å². The highest BCUT2D eigenvalue weighted by Crippen LogP contribution is 2.25. The van der Waals surface area contributed by atoms with Crippen molar-refractivity contribution >= 4 is 23.5 Å². The summed E-state index contributed by atoms with van der Waals surface area (Å²) in [5, 5.41) is 8.21. The van der Waals surface area contributed by atoms with E-state index in [1.165, 1.54) is 5.82 Å². The minimum atomic E-state index is -0.00566. The number of rotatable bonds is 4. The highest BCUT2D eigenvalue weighted by molar-refractivity contribution is 7.99. The summed E-state index contributed by atoms with van der Waals surface area (Å²) in [6.07, 6.45) is 0.932. The van der Waals surface area contributed by atoms with Gasteiger partial charge in [0.1, 0.15) is 5.82 Å². The average Bonchev–Trinajstić information content (AvgIpc) is 3.55. The molecule has 7 nitrogen and oxygen atoms in total. The van der Waals surface area contributed by atoms with Gasteiger partial charge in [0.25, 0.3) is 0 Å². The third kappa shape index (κ3) is 3.96. The molecule has 8 heteroatoms. The lowest BCUT2D eigenvalue weighted by molar-refractivity contribution is -0.131. The van der Waals surface area contributed by atoms with Crippen LogP contribution in [0.1, 0.15) is 12.1 Å². The monoisotopic (exact) mass is 426 g/mol. The molecule has 0 bridgehead atoms. The van der Waals surface area contributed by atoms with Gasteiger partial charge in [0.2, 0.25) is 5.91 Å². The topological polar surface area (TPSA) is 56.6 Å². The Bertz CT molecular complexity index is 873. The second kappa shape index (κ2) is 8.61. The number of carbonyl (C=O) groups is 1.